The summed E-state index contributed by atoms with van der Waals surface area (Å²) >= 11 is 0. The lowest BCUT2D eigenvalue weighted by molar-refractivity contribution is -0.117. The lowest BCUT2D eigenvalue weighted by atomic mass is 9.88. The van der Waals surface area contributed by atoms with Gasteiger partial charge in [0.2, 0.25) is 5.91 Å². The first-order chi connectivity index (χ1) is 14.5. The summed E-state index contributed by atoms with van der Waals surface area (Å²) in [5, 5.41) is 9.47. The van der Waals surface area contributed by atoms with E-state index in [1.54, 1.807) is 0 Å². The van der Waals surface area contributed by atoms with Crippen LogP contribution in [0.25, 0.3) is 11.3 Å². The number of carbonyl (C=O) groups excluding carboxylic acids is 2. The van der Waals surface area contributed by atoms with E-state index in [-0.39, 0.29) is 23.9 Å². The first-order valence-corrected chi connectivity index (χ1v) is 10.4. The number of nitrogens with one attached hydrogen (secondary N) is 4. The lowest BCUT2D eigenvalue weighted by Gasteiger charge is -2.23. The molecule has 2 atom stereocenters. The Kier molecular flexibility index (Phi) is 4.58. The van der Waals surface area contributed by atoms with Crippen LogP contribution in [0.3, 0.4) is 0 Å². The van der Waals surface area contributed by atoms with Crippen molar-refractivity contribution in [1.82, 2.24) is 25.5 Å². The average Bonchev–Trinajstić information content (AvgIpc) is 3.28. The summed E-state index contributed by atoms with van der Waals surface area (Å²) in [6.07, 6.45) is 5.78. The van der Waals surface area contributed by atoms with Crippen LogP contribution in [0.5, 0.6) is 0 Å². The number of likely N-dealkylation sites (tertiary alicyclic amines) is 1. The van der Waals surface area contributed by atoms with Crippen molar-refractivity contribution in [3.8, 4) is 11.3 Å². The van der Waals surface area contributed by atoms with Crippen LogP contribution in [0, 0.1) is 0 Å². The van der Waals surface area contributed by atoms with E-state index < -0.39 is 0 Å². The fourth-order valence-corrected chi connectivity index (χ4v) is 4.91. The van der Waals surface area contributed by atoms with Gasteiger partial charge in [0.1, 0.15) is 5.82 Å². The number of hydrogen-bond donors (Lipinski definition) is 4. The Morgan fingerprint density at radius 2 is 2.13 bits per heavy atom. The van der Waals surface area contributed by atoms with E-state index in [1.807, 2.05) is 13.2 Å². The van der Waals surface area contributed by atoms with Crippen LogP contribution in [-0.2, 0) is 24.1 Å². The largest absolute Gasteiger partial charge is 0.364 e. The molecule has 4 heterocycles. The number of pyridine rings is 1. The molecule has 2 aromatic rings. The molecule has 30 heavy (non-hydrogen) atoms. The number of aromatic amines is 1. The summed E-state index contributed by atoms with van der Waals surface area (Å²) in [5.41, 5.74) is 6.32. The van der Waals surface area contributed by atoms with Gasteiger partial charge in [0, 0.05) is 43.5 Å². The molecule has 2 unspecified atom stereocenters. The molecule has 1 saturated heterocycles. The van der Waals surface area contributed by atoms with Crippen molar-refractivity contribution in [2.45, 2.75) is 31.3 Å². The summed E-state index contributed by atoms with van der Waals surface area (Å²) in [5.74, 6) is 0.636. The van der Waals surface area contributed by atoms with E-state index >= 15 is 0 Å². The van der Waals surface area contributed by atoms with E-state index in [0.29, 0.717) is 6.54 Å². The number of likely N-dealkylation sites (N-methyl/N-ethyl adjacent to an activating group) is 1. The molecule has 1 fully saturated rings. The maximum absolute atomic E-state index is 12.4. The summed E-state index contributed by atoms with van der Waals surface area (Å²) in [6, 6.07) is 2.10. The SMILES string of the molecule is C=CC(=O)NC1CN(C)CC1Nc1cc2c(cn1)CCc1c-2[nH]c2c1C(=O)NCC2. The van der Waals surface area contributed by atoms with Crippen LogP contribution in [0.2, 0.25) is 0 Å². The molecular weight excluding hydrogens is 380 g/mol. The highest BCUT2D eigenvalue weighted by atomic mass is 16.2. The summed E-state index contributed by atoms with van der Waals surface area (Å²) in [4.78, 5) is 34.5. The Balaban J connectivity index is 1.44. The standard InChI is InChI=1S/C22H26N6O2/c1-3-19(29)26-17-11-28(2)10-16(17)25-18-8-14-12(9-24-18)4-5-13-20-15(27-21(13)14)6-7-23-22(20)30/h3,8-9,16-17,27H,1,4-7,10-11H2,2H3,(H,23,30)(H,24,25)(H,26,29). The molecule has 0 aromatic carbocycles. The first-order valence-electron chi connectivity index (χ1n) is 10.4. The Morgan fingerprint density at radius 3 is 2.97 bits per heavy atom. The number of aromatic nitrogens is 2. The number of amides is 2. The number of anilines is 1. The fraction of sp³-hybridized carbons (Fsp3) is 0.409. The molecule has 2 aromatic heterocycles. The zero-order chi connectivity index (χ0) is 20.8. The van der Waals surface area contributed by atoms with Crippen LogP contribution in [0.1, 0.15) is 27.2 Å². The van der Waals surface area contributed by atoms with Gasteiger partial charge in [0.15, 0.2) is 0 Å². The van der Waals surface area contributed by atoms with Gasteiger partial charge in [0.25, 0.3) is 5.91 Å². The molecule has 1 aliphatic carbocycles. The van der Waals surface area contributed by atoms with Crippen LogP contribution in [0.4, 0.5) is 5.82 Å². The molecule has 0 spiro atoms. The van der Waals surface area contributed by atoms with Gasteiger partial charge < -0.3 is 25.8 Å². The third-order valence-electron chi connectivity index (χ3n) is 6.32. The number of fused-ring (bicyclic) bond motifs is 5. The van der Waals surface area contributed by atoms with Crippen molar-refractivity contribution in [2.75, 3.05) is 32.0 Å². The number of carbonyl (C=O) groups is 2. The van der Waals surface area contributed by atoms with E-state index in [4.69, 9.17) is 0 Å². The van der Waals surface area contributed by atoms with Crippen molar-refractivity contribution in [3.63, 3.8) is 0 Å². The van der Waals surface area contributed by atoms with Crippen molar-refractivity contribution < 1.29 is 9.59 Å². The zero-order valence-corrected chi connectivity index (χ0v) is 17.0. The van der Waals surface area contributed by atoms with Gasteiger partial charge in [-0.1, -0.05) is 6.58 Å². The van der Waals surface area contributed by atoms with Crippen molar-refractivity contribution in [2.24, 2.45) is 0 Å². The monoisotopic (exact) mass is 406 g/mol. The zero-order valence-electron chi connectivity index (χ0n) is 17.0. The van der Waals surface area contributed by atoms with Gasteiger partial charge in [-0.3, -0.25) is 9.59 Å². The van der Waals surface area contributed by atoms with E-state index in [1.165, 1.54) is 11.6 Å². The van der Waals surface area contributed by atoms with Gasteiger partial charge in [-0.25, -0.2) is 4.98 Å². The van der Waals surface area contributed by atoms with Crippen LogP contribution in [-0.4, -0.2) is 65.4 Å². The molecule has 0 bridgehead atoms. The maximum Gasteiger partial charge on any atom is 0.253 e. The average molecular weight is 406 g/mol. The highest BCUT2D eigenvalue weighted by Gasteiger charge is 2.33. The molecule has 0 saturated carbocycles. The number of hydrogen-bond acceptors (Lipinski definition) is 5. The van der Waals surface area contributed by atoms with E-state index in [9.17, 15) is 9.59 Å². The van der Waals surface area contributed by atoms with E-state index in [0.717, 1.165) is 66.2 Å². The van der Waals surface area contributed by atoms with Crippen molar-refractivity contribution in [1.29, 1.82) is 0 Å². The molecule has 8 nitrogen and oxygen atoms in total. The smallest absolute Gasteiger partial charge is 0.253 e. The molecule has 5 rings (SSSR count). The van der Waals surface area contributed by atoms with Gasteiger partial charge in [-0.05, 0) is 43.2 Å². The Hall–Kier alpha value is -3.13. The number of aryl methyl sites for hydroxylation is 1. The van der Waals surface area contributed by atoms with Gasteiger partial charge >= 0.3 is 0 Å². The predicted molar refractivity (Wildman–Crippen MR) is 115 cm³/mol. The minimum absolute atomic E-state index is 0.0182. The second-order valence-electron chi connectivity index (χ2n) is 8.36. The molecule has 3 aliphatic rings. The minimum atomic E-state index is -0.166. The maximum atomic E-state index is 12.4. The summed E-state index contributed by atoms with van der Waals surface area (Å²) in [7, 11) is 2.04. The fourth-order valence-electron chi connectivity index (χ4n) is 4.91. The third kappa shape index (κ3) is 3.17. The molecular formula is C22H26N6O2. The van der Waals surface area contributed by atoms with Crippen molar-refractivity contribution >= 4 is 17.6 Å². The molecule has 4 N–H and O–H groups in total. The summed E-state index contributed by atoms with van der Waals surface area (Å²) < 4.78 is 0. The molecule has 2 amide bonds. The van der Waals surface area contributed by atoms with E-state index in [2.05, 4.69) is 43.5 Å². The highest BCUT2D eigenvalue weighted by Crippen LogP contribution is 2.38. The lowest BCUT2D eigenvalue weighted by Crippen LogP contribution is -2.45. The van der Waals surface area contributed by atoms with Crippen LogP contribution in [0.15, 0.2) is 24.9 Å². The van der Waals surface area contributed by atoms with Gasteiger partial charge in [0.05, 0.1) is 23.3 Å². The topological polar surface area (TPSA) is 102 Å². The van der Waals surface area contributed by atoms with Crippen LogP contribution < -0.4 is 16.0 Å². The molecule has 156 valence electrons. The highest BCUT2D eigenvalue weighted by molar-refractivity contribution is 6.00. The second kappa shape index (κ2) is 7.28. The number of rotatable bonds is 4. The third-order valence-corrected chi connectivity index (χ3v) is 6.32. The molecule has 0 radical (unpaired) electrons. The normalized spacial score (nSPS) is 22.5. The number of H-pyrrole nitrogens is 1. The Morgan fingerprint density at radius 1 is 1.30 bits per heavy atom. The molecule has 2 aliphatic heterocycles. The van der Waals surface area contributed by atoms with Gasteiger partial charge in [-0.15, -0.1) is 0 Å². The van der Waals surface area contributed by atoms with Crippen LogP contribution >= 0.6 is 0 Å². The Bertz CT molecular complexity index is 1040. The Labute approximate surface area is 175 Å². The quantitative estimate of drug-likeness (QED) is 0.564. The first kappa shape index (κ1) is 18.9. The van der Waals surface area contributed by atoms with Gasteiger partial charge in [-0.2, -0.15) is 0 Å². The minimum Gasteiger partial charge on any atom is -0.364 e. The second-order valence-corrected chi connectivity index (χ2v) is 8.36. The molecule has 8 heteroatoms. The summed E-state index contributed by atoms with van der Waals surface area (Å²) in [6.45, 7) is 5.79. The predicted octanol–water partition coefficient (Wildman–Crippen LogP) is 0.858. The number of nitrogens with zero attached hydrogens (tertiary/aromatic N) is 2. The van der Waals surface area contributed by atoms with Crippen molar-refractivity contribution in [3.05, 3.63) is 47.3 Å².